The van der Waals surface area contributed by atoms with Crippen LogP contribution in [0.2, 0.25) is 0 Å². The third-order valence-electron chi connectivity index (χ3n) is 4.06. The van der Waals surface area contributed by atoms with Gasteiger partial charge in [0, 0.05) is 32.3 Å². The van der Waals surface area contributed by atoms with E-state index in [0.717, 1.165) is 26.1 Å². The lowest BCUT2D eigenvalue weighted by atomic mass is 9.91. The Balaban J connectivity index is 2.57. The number of aliphatic hydroxyl groups excluding tert-OH is 1. The molecule has 0 bridgehead atoms. The Kier molecular flexibility index (Phi) is 8.27. The first kappa shape index (κ1) is 18.4. The minimum atomic E-state index is 0.207. The largest absolute Gasteiger partial charge is 0.396 e. The highest BCUT2D eigenvalue weighted by atomic mass is 16.3. The van der Waals surface area contributed by atoms with Crippen LogP contribution in [-0.4, -0.2) is 59.6 Å². The van der Waals surface area contributed by atoms with Crippen molar-refractivity contribution >= 4 is 5.91 Å². The highest BCUT2D eigenvalue weighted by Crippen LogP contribution is 2.25. The van der Waals surface area contributed by atoms with Gasteiger partial charge in [0.15, 0.2) is 0 Å². The minimum Gasteiger partial charge on any atom is -0.396 e. The average molecular weight is 298 g/mol. The Labute approximate surface area is 130 Å². The molecule has 0 atom stereocenters. The number of hydrogen-bond donors (Lipinski definition) is 1. The molecule has 4 nitrogen and oxygen atoms in total. The summed E-state index contributed by atoms with van der Waals surface area (Å²) in [5, 5.41) is 9.05. The normalized spacial score (nSPS) is 15.8. The van der Waals surface area contributed by atoms with Gasteiger partial charge < -0.3 is 10.0 Å². The third kappa shape index (κ3) is 6.79. The van der Waals surface area contributed by atoms with Crippen LogP contribution < -0.4 is 0 Å². The van der Waals surface area contributed by atoms with Crippen molar-refractivity contribution in [1.82, 2.24) is 9.80 Å². The van der Waals surface area contributed by atoms with Crippen LogP contribution in [0.3, 0.4) is 0 Å². The van der Waals surface area contributed by atoms with Crippen molar-refractivity contribution in [2.75, 3.05) is 32.8 Å². The van der Waals surface area contributed by atoms with Gasteiger partial charge in [-0.25, -0.2) is 0 Å². The fraction of sp³-hybridized carbons (Fsp3) is 0.941. The molecular weight excluding hydrogens is 264 g/mol. The number of carbonyl (C=O) groups excluding carboxylic acids is 1. The van der Waals surface area contributed by atoms with Crippen molar-refractivity contribution in [2.24, 2.45) is 11.8 Å². The quantitative estimate of drug-likeness (QED) is 0.673. The molecule has 1 rings (SSSR count). The molecule has 1 aliphatic carbocycles. The van der Waals surface area contributed by atoms with Crippen LogP contribution >= 0.6 is 0 Å². The second-order valence-electron chi connectivity index (χ2n) is 7.22. The zero-order valence-corrected chi connectivity index (χ0v) is 14.3. The van der Waals surface area contributed by atoms with E-state index in [2.05, 4.69) is 32.6 Å². The molecule has 1 amide bonds. The summed E-state index contributed by atoms with van der Waals surface area (Å²) in [4.78, 5) is 17.0. The molecule has 1 aliphatic rings. The van der Waals surface area contributed by atoms with Crippen LogP contribution in [-0.2, 0) is 4.79 Å². The molecule has 0 aromatic carbocycles. The van der Waals surface area contributed by atoms with E-state index in [9.17, 15) is 4.79 Å². The summed E-state index contributed by atoms with van der Waals surface area (Å²) in [6.07, 6.45) is 4.44. The minimum absolute atomic E-state index is 0.207. The Bertz CT molecular complexity index is 291. The number of hydrogen-bond acceptors (Lipinski definition) is 3. The van der Waals surface area contributed by atoms with Crippen LogP contribution in [0.4, 0.5) is 0 Å². The highest BCUT2D eigenvalue weighted by molar-refractivity contribution is 5.78. The molecule has 0 aromatic rings. The van der Waals surface area contributed by atoms with Crippen LogP contribution in [0.15, 0.2) is 0 Å². The number of carbonyl (C=O) groups is 1. The molecule has 0 saturated heterocycles. The van der Waals surface area contributed by atoms with Gasteiger partial charge in [-0.05, 0) is 31.1 Å². The van der Waals surface area contributed by atoms with E-state index < -0.39 is 0 Å². The number of aliphatic hydroxyl groups is 1. The molecule has 0 heterocycles. The van der Waals surface area contributed by atoms with Crippen molar-refractivity contribution in [3.63, 3.8) is 0 Å². The number of rotatable bonds is 10. The van der Waals surface area contributed by atoms with Crippen molar-refractivity contribution in [3.8, 4) is 0 Å². The van der Waals surface area contributed by atoms with E-state index in [1.165, 1.54) is 19.3 Å². The maximum atomic E-state index is 12.7. The van der Waals surface area contributed by atoms with Crippen molar-refractivity contribution in [2.45, 2.75) is 59.4 Å². The Morgan fingerprint density at radius 2 is 1.71 bits per heavy atom. The molecule has 124 valence electrons. The molecule has 0 aliphatic heterocycles. The summed E-state index contributed by atoms with van der Waals surface area (Å²) in [6.45, 7) is 11.9. The van der Waals surface area contributed by atoms with Gasteiger partial charge in [0.1, 0.15) is 0 Å². The van der Waals surface area contributed by atoms with E-state index >= 15 is 0 Å². The molecule has 1 saturated carbocycles. The maximum absolute atomic E-state index is 12.7. The van der Waals surface area contributed by atoms with Gasteiger partial charge in [-0.3, -0.25) is 9.69 Å². The monoisotopic (exact) mass is 298 g/mol. The summed E-state index contributed by atoms with van der Waals surface area (Å²) >= 11 is 0. The van der Waals surface area contributed by atoms with Gasteiger partial charge >= 0.3 is 0 Å². The average Bonchev–Trinajstić information content (AvgIpc) is 2.31. The van der Waals surface area contributed by atoms with Crippen LogP contribution in [0.25, 0.3) is 0 Å². The van der Waals surface area contributed by atoms with Crippen LogP contribution in [0, 0.1) is 11.8 Å². The van der Waals surface area contributed by atoms with Gasteiger partial charge in [-0.2, -0.15) is 0 Å². The summed E-state index contributed by atoms with van der Waals surface area (Å²) in [5.41, 5.74) is 0. The van der Waals surface area contributed by atoms with Crippen molar-refractivity contribution in [3.05, 3.63) is 0 Å². The zero-order valence-electron chi connectivity index (χ0n) is 14.3. The van der Waals surface area contributed by atoms with Gasteiger partial charge in [0.05, 0.1) is 6.54 Å². The molecular formula is C17H34N2O2. The molecule has 4 heteroatoms. The van der Waals surface area contributed by atoms with Gasteiger partial charge in [-0.1, -0.05) is 34.1 Å². The first-order chi connectivity index (χ1) is 9.93. The summed E-state index contributed by atoms with van der Waals surface area (Å²) in [7, 11) is 0. The van der Waals surface area contributed by atoms with Gasteiger partial charge in [0.25, 0.3) is 0 Å². The molecule has 0 unspecified atom stereocenters. The van der Waals surface area contributed by atoms with E-state index in [0.29, 0.717) is 24.4 Å². The fourth-order valence-corrected chi connectivity index (χ4v) is 2.85. The molecule has 21 heavy (non-hydrogen) atoms. The number of amides is 1. The summed E-state index contributed by atoms with van der Waals surface area (Å²) in [6, 6.07) is 0.556. The Morgan fingerprint density at radius 3 is 2.10 bits per heavy atom. The fourth-order valence-electron chi connectivity index (χ4n) is 2.85. The van der Waals surface area contributed by atoms with Gasteiger partial charge in [-0.15, -0.1) is 0 Å². The topological polar surface area (TPSA) is 43.8 Å². The first-order valence-electron chi connectivity index (χ1n) is 8.56. The predicted octanol–water partition coefficient (Wildman–Crippen LogP) is 2.36. The van der Waals surface area contributed by atoms with E-state index in [1.807, 2.05) is 4.90 Å². The van der Waals surface area contributed by atoms with Crippen molar-refractivity contribution < 1.29 is 9.90 Å². The van der Waals surface area contributed by atoms with Gasteiger partial charge in [0.2, 0.25) is 5.91 Å². The Hall–Kier alpha value is -0.610. The van der Waals surface area contributed by atoms with Crippen LogP contribution in [0.5, 0.6) is 0 Å². The zero-order chi connectivity index (χ0) is 15.8. The smallest absolute Gasteiger partial charge is 0.236 e. The summed E-state index contributed by atoms with van der Waals surface area (Å²) in [5.74, 6) is 1.26. The molecule has 1 fully saturated rings. The predicted molar refractivity (Wildman–Crippen MR) is 87.2 cm³/mol. The SMILES string of the molecule is CC(C)CN(CC(C)C)C(=O)CN(CCCO)C1CCC1. The summed E-state index contributed by atoms with van der Waals surface area (Å²) < 4.78 is 0. The third-order valence-corrected chi connectivity index (χ3v) is 4.06. The molecule has 0 spiro atoms. The standard InChI is InChI=1S/C17H34N2O2/c1-14(2)11-19(12-15(3)4)17(21)13-18(9-6-10-20)16-7-5-8-16/h14-16,20H,5-13H2,1-4H3. The lowest BCUT2D eigenvalue weighted by Gasteiger charge is -2.38. The van der Waals surface area contributed by atoms with Crippen LogP contribution in [0.1, 0.15) is 53.4 Å². The Morgan fingerprint density at radius 1 is 1.14 bits per heavy atom. The lowest BCUT2D eigenvalue weighted by molar-refractivity contribution is -0.134. The second kappa shape index (κ2) is 9.42. The lowest BCUT2D eigenvalue weighted by Crippen LogP contribution is -2.48. The first-order valence-corrected chi connectivity index (χ1v) is 8.56. The molecule has 1 N–H and O–H groups in total. The van der Waals surface area contributed by atoms with E-state index in [-0.39, 0.29) is 12.5 Å². The van der Waals surface area contributed by atoms with Crippen molar-refractivity contribution in [1.29, 1.82) is 0 Å². The maximum Gasteiger partial charge on any atom is 0.236 e. The molecule has 0 radical (unpaired) electrons. The molecule has 0 aromatic heterocycles. The van der Waals surface area contributed by atoms with E-state index in [1.54, 1.807) is 0 Å². The highest BCUT2D eigenvalue weighted by Gasteiger charge is 2.27. The second-order valence-corrected chi connectivity index (χ2v) is 7.22. The van der Waals surface area contributed by atoms with E-state index in [4.69, 9.17) is 5.11 Å². The number of nitrogens with zero attached hydrogens (tertiary/aromatic N) is 2.